The first kappa shape index (κ1) is 23.3. The molecular formula is C24H38O3. The highest BCUT2D eigenvalue weighted by Crippen LogP contribution is 2.30. The predicted molar refractivity (Wildman–Crippen MR) is 114 cm³/mol. The van der Waals surface area contributed by atoms with Crippen LogP contribution in [0.1, 0.15) is 101 Å². The number of hydrogen-bond acceptors (Lipinski definition) is 3. The number of aromatic hydroxyl groups is 1. The Morgan fingerprint density at radius 2 is 1.52 bits per heavy atom. The van der Waals surface area contributed by atoms with Gasteiger partial charge in [-0.1, -0.05) is 70.1 Å². The van der Waals surface area contributed by atoms with Crippen LogP contribution in [0.2, 0.25) is 0 Å². The van der Waals surface area contributed by atoms with Crippen LogP contribution in [0, 0.1) is 0 Å². The number of methoxy groups -OCH3 is 1. The van der Waals surface area contributed by atoms with Crippen LogP contribution in [0.5, 0.6) is 11.5 Å². The van der Waals surface area contributed by atoms with Gasteiger partial charge in [-0.15, -0.1) is 0 Å². The summed E-state index contributed by atoms with van der Waals surface area (Å²) in [7, 11) is 1.49. The maximum atomic E-state index is 12.2. The number of ether oxygens (including phenoxy) is 1. The van der Waals surface area contributed by atoms with Gasteiger partial charge in [0.2, 0.25) is 0 Å². The van der Waals surface area contributed by atoms with Crippen LogP contribution in [-0.2, 0) is 0 Å². The van der Waals surface area contributed by atoms with Crippen molar-refractivity contribution in [2.24, 2.45) is 0 Å². The van der Waals surface area contributed by atoms with Crippen molar-refractivity contribution in [1.29, 1.82) is 0 Å². The summed E-state index contributed by atoms with van der Waals surface area (Å²) in [6.45, 7) is 2.25. The molecule has 0 unspecified atom stereocenters. The Balaban J connectivity index is 2.01. The highest BCUT2D eigenvalue weighted by Gasteiger charge is 2.14. The summed E-state index contributed by atoms with van der Waals surface area (Å²) >= 11 is 0. The summed E-state index contributed by atoms with van der Waals surface area (Å²) in [5.41, 5.74) is 0.371. The Hall–Kier alpha value is -1.77. The van der Waals surface area contributed by atoms with Crippen LogP contribution in [0.15, 0.2) is 30.4 Å². The third kappa shape index (κ3) is 10.2. The first-order chi connectivity index (χ1) is 13.2. The summed E-state index contributed by atoms with van der Waals surface area (Å²) in [4.78, 5) is 12.2. The molecule has 0 radical (unpaired) electrons. The molecule has 1 aromatic carbocycles. The van der Waals surface area contributed by atoms with Crippen molar-refractivity contribution >= 4 is 5.78 Å². The Bertz CT molecular complexity index is 549. The van der Waals surface area contributed by atoms with Gasteiger partial charge in [-0.25, -0.2) is 0 Å². The molecule has 0 heterocycles. The predicted octanol–water partition coefficient (Wildman–Crippen LogP) is 7.23. The van der Waals surface area contributed by atoms with E-state index in [9.17, 15) is 9.90 Å². The molecule has 0 bridgehead atoms. The van der Waals surface area contributed by atoms with E-state index in [1.54, 1.807) is 18.2 Å². The largest absolute Gasteiger partial charge is 0.504 e. The molecule has 152 valence electrons. The molecule has 1 aromatic rings. The van der Waals surface area contributed by atoms with Crippen molar-refractivity contribution in [2.75, 3.05) is 7.11 Å². The summed E-state index contributed by atoms with van der Waals surface area (Å²) in [5.74, 6) is 0.315. The number of para-hydroxylation sites is 1. The van der Waals surface area contributed by atoms with Crippen LogP contribution < -0.4 is 4.74 Å². The van der Waals surface area contributed by atoms with Crippen LogP contribution in [-0.4, -0.2) is 18.0 Å². The Labute approximate surface area is 165 Å². The molecule has 0 spiro atoms. The number of ketones is 1. The number of rotatable bonds is 16. The third-order valence-corrected chi connectivity index (χ3v) is 4.93. The van der Waals surface area contributed by atoms with Gasteiger partial charge in [0.25, 0.3) is 0 Å². The summed E-state index contributed by atoms with van der Waals surface area (Å²) < 4.78 is 5.06. The second-order valence-electron chi connectivity index (χ2n) is 7.26. The number of carbonyl (C=O) groups excluding carboxylic acids is 1. The zero-order valence-electron chi connectivity index (χ0n) is 17.3. The second-order valence-corrected chi connectivity index (χ2v) is 7.26. The number of hydrogen-bond donors (Lipinski definition) is 1. The van der Waals surface area contributed by atoms with Gasteiger partial charge in [0.1, 0.15) is 0 Å². The molecule has 0 atom stereocenters. The standard InChI is InChI=1S/C24H38O3/c1-3-4-5-6-7-8-9-10-11-12-13-14-15-16-19-22(25)21-18-17-20-23(27-2)24(21)26/h8-9,17-18,20,26H,3-7,10-16,19H2,1-2H3. The number of benzene rings is 1. The minimum atomic E-state index is -0.0385. The molecule has 0 amide bonds. The van der Waals surface area contributed by atoms with Crippen molar-refractivity contribution in [1.82, 2.24) is 0 Å². The van der Waals surface area contributed by atoms with Crippen molar-refractivity contribution < 1.29 is 14.6 Å². The van der Waals surface area contributed by atoms with Crippen molar-refractivity contribution in [2.45, 2.75) is 90.4 Å². The average molecular weight is 375 g/mol. The molecule has 0 aliphatic rings. The Morgan fingerprint density at radius 1 is 0.926 bits per heavy atom. The quantitative estimate of drug-likeness (QED) is 0.188. The number of allylic oxidation sites excluding steroid dienone is 2. The van der Waals surface area contributed by atoms with Crippen LogP contribution in [0.3, 0.4) is 0 Å². The number of carbonyl (C=O) groups is 1. The molecule has 0 aliphatic carbocycles. The molecule has 0 aromatic heterocycles. The molecule has 3 heteroatoms. The molecule has 0 saturated heterocycles. The van der Waals surface area contributed by atoms with Crippen LogP contribution in [0.25, 0.3) is 0 Å². The van der Waals surface area contributed by atoms with Gasteiger partial charge in [-0.3, -0.25) is 4.79 Å². The van der Waals surface area contributed by atoms with Crippen LogP contribution >= 0.6 is 0 Å². The second kappa shape index (κ2) is 15.3. The van der Waals surface area contributed by atoms with Gasteiger partial charge in [0.15, 0.2) is 17.3 Å². The average Bonchev–Trinajstić information content (AvgIpc) is 2.68. The lowest BCUT2D eigenvalue weighted by molar-refractivity contribution is 0.0976. The van der Waals surface area contributed by atoms with E-state index in [-0.39, 0.29) is 11.5 Å². The summed E-state index contributed by atoms with van der Waals surface area (Å²) in [5, 5.41) is 10.0. The minimum absolute atomic E-state index is 0.00419. The zero-order chi connectivity index (χ0) is 19.7. The molecule has 0 fully saturated rings. The smallest absolute Gasteiger partial charge is 0.168 e. The zero-order valence-corrected chi connectivity index (χ0v) is 17.3. The van der Waals surface area contributed by atoms with Gasteiger partial charge < -0.3 is 9.84 Å². The fourth-order valence-electron chi connectivity index (χ4n) is 3.23. The van der Waals surface area contributed by atoms with Gasteiger partial charge in [0.05, 0.1) is 12.7 Å². The topological polar surface area (TPSA) is 46.5 Å². The Morgan fingerprint density at radius 3 is 2.15 bits per heavy atom. The molecule has 27 heavy (non-hydrogen) atoms. The van der Waals surface area contributed by atoms with Crippen molar-refractivity contribution in [3.05, 3.63) is 35.9 Å². The monoisotopic (exact) mass is 374 g/mol. The van der Waals surface area contributed by atoms with Crippen molar-refractivity contribution in [3.8, 4) is 11.5 Å². The van der Waals surface area contributed by atoms with E-state index in [1.165, 1.54) is 71.3 Å². The van der Waals surface area contributed by atoms with Gasteiger partial charge in [-0.05, 0) is 44.2 Å². The maximum absolute atomic E-state index is 12.2. The van der Waals surface area contributed by atoms with E-state index in [1.807, 2.05) is 0 Å². The number of phenolic OH excluding ortho intramolecular Hbond substituents is 1. The fraction of sp³-hybridized carbons (Fsp3) is 0.625. The number of Topliss-reactive ketones (excluding diaryl/α,β-unsaturated/α-hetero) is 1. The van der Waals surface area contributed by atoms with E-state index >= 15 is 0 Å². The lowest BCUT2D eigenvalue weighted by Gasteiger charge is -2.08. The van der Waals surface area contributed by atoms with Gasteiger partial charge in [-0.2, -0.15) is 0 Å². The first-order valence-electron chi connectivity index (χ1n) is 10.7. The van der Waals surface area contributed by atoms with Crippen LogP contribution in [0.4, 0.5) is 0 Å². The van der Waals surface area contributed by atoms with E-state index in [0.29, 0.717) is 17.7 Å². The van der Waals surface area contributed by atoms with E-state index in [2.05, 4.69) is 19.1 Å². The SMILES string of the molecule is CCCCCCC=CCCCCCCCCC(=O)c1cccc(OC)c1O. The summed E-state index contributed by atoms with van der Waals surface area (Å²) in [6.07, 6.45) is 19.9. The summed E-state index contributed by atoms with van der Waals surface area (Å²) in [6, 6.07) is 5.07. The van der Waals surface area contributed by atoms with Gasteiger partial charge in [0, 0.05) is 6.42 Å². The highest BCUT2D eigenvalue weighted by molar-refractivity contribution is 5.99. The highest BCUT2D eigenvalue weighted by atomic mass is 16.5. The first-order valence-corrected chi connectivity index (χ1v) is 10.7. The van der Waals surface area contributed by atoms with Crippen molar-refractivity contribution in [3.63, 3.8) is 0 Å². The third-order valence-electron chi connectivity index (χ3n) is 4.93. The molecule has 0 saturated carbocycles. The minimum Gasteiger partial charge on any atom is -0.504 e. The number of phenols is 1. The lowest BCUT2D eigenvalue weighted by Crippen LogP contribution is -2.00. The van der Waals surface area contributed by atoms with Gasteiger partial charge >= 0.3 is 0 Å². The fourth-order valence-corrected chi connectivity index (χ4v) is 3.23. The Kier molecular flexibility index (Phi) is 13.2. The molecule has 1 N–H and O–H groups in total. The maximum Gasteiger partial charge on any atom is 0.168 e. The molecule has 1 rings (SSSR count). The normalized spacial score (nSPS) is 11.2. The van der Waals surface area contributed by atoms with E-state index < -0.39 is 0 Å². The molecule has 0 aliphatic heterocycles. The van der Waals surface area contributed by atoms with E-state index in [0.717, 1.165) is 12.8 Å². The molecule has 3 nitrogen and oxygen atoms in total. The number of unbranched alkanes of at least 4 members (excludes halogenated alkanes) is 10. The molecular weight excluding hydrogens is 336 g/mol. The lowest BCUT2D eigenvalue weighted by atomic mass is 10.0. The van der Waals surface area contributed by atoms with E-state index in [4.69, 9.17) is 4.74 Å².